The van der Waals surface area contributed by atoms with Crippen LogP contribution in [0.2, 0.25) is 0 Å². The fourth-order valence-electron chi connectivity index (χ4n) is 2.81. The third-order valence-electron chi connectivity index (χ3n) is 4.11. The van der Waals surface area contributed by atoms with Gasteiger partial charge in [0.1, 0.15) is 0 Å². The number of hydrogen-bond donors (Lipinski definition) is 0. The predicted octanol–water partition coefficient (Wildman–Crippen LogP) is 5.49. The molecule has 0 heterocycles. The lowest BCUT2D eigenvalue weighted by molar-refractivity contribution is 0.350. The van der Waals surface area contributed by atoms with Crippen molar-refractivity contribution in [1.82, 2.24) is 0 Å². The molecule has 2 heteroatoms. The summed E-state index contributed by atoms with van der Waals surface area (Å²) in [4.78, 5) is 0. The van der Waals surface area contributed by atoms with Crippen LogP contribution in [0, 0.1) is 11.8 Å². The Bertz CT molecular complexity index is 399. The van der Waals surface area contributed by atoms with Crippen molar-refractivity contribution in [3.8, 4) is 11.5 Å². The maximum Gasteiger partial charge on any atom is 0.163 e. The highest BCUT2D eigenvalue weighted by Gasteiger charge is 2.10. The second-order valence-electron chi connectivity index (χ2n) is 6.47. The zero-order valence-electron chi connectivity index (χ0n) is 14.4. The van der Waals surface area contributed by atoms with E-state index in [9.17, 15) is 0 Å². The Morgan fingerprint density at radius 1 is 0.905 bits per heavy atom. The Labute approximate surface area is 130 Å². The molecule has 0 aliphatic carbocycles. The van der Waals surface area contributed by atoms with Gasteiger partial charge < -0.3 is 9.47 Å². The molecule has 1 rings (SSSR count). The van der Waals surface area contributed by atoms with Crippen LogP contribution in [0.25, 0.3) is 0 Å². The summed E-state index contributed by atoms with van der Waals surface area (Å²) in [5.41, 5.74) is 1.26. The predicted molar refractivity (Wildman–Crippen MR) is 90.3 cm³/mol. The molecule has 1 aromatic rings. The van der Waals surface area contributed by atoms with Crippen LogP contribution in [-0.2, 0) is 6.42 Å². The quantitative estimate of drug-likeness (QED) is 0.568. The zero-order chi connectivity index (χ0) is 15.7. The maximum atomic E-state index is 5.49. The molecule has 0 bridgehead atoms. The fraction of sp³-hybridized carbons (Fsp3) is 0.684. The molecule has 0 saturated heterocycles. The van der Waals surface area contributed by atoms with Crippen molar-refractivity contribution in [3.05, 3.63) is 23.8 Å². The molecule has 21 heavy (non-hydrogen) atoms. The second kappa shape index (κ2) is 9.70. The summed E-state index contributed by atoms with van der Waals surface area (Å²) in [5, 5.41) is 0. The van der Waals surface area contributed by atoms with Crippen LogP contribution in [0.4, 0.5) is 0 Å². The van der Waals surface area contributed by atoms with Gasteiger partial charge in [-0.05, 0) is 36.3 Å². The van der Waals surface area contributed by atoms with E-state index in [0.717, 1.165) is 29.8 Å². The van der Waals surface area contributed by atoms with Crippen LogP contribution in [0.15, 0.2) is 18.2 Å². The Morgan fingerprint density at radius 2 is 1.62 bits per heavy atom. The highest BCUT2D eigenvalue weighted by molar-refractivity contribution is 5.46. The number of ether oxygens (including phenoxy) is 2. The zero-order valence-corrected chi connectivity index (χ0v) is 14.4. The van der Waals surface area contributed by atoms with Gasteiger partial charge in [0.15, 0.2) is 11.5 Å². The minimum absolute atomic E-state index is 0.820. The van der Waals surface area contributed by atoms with Gasteiger partial charge in [0, 0.05) is 0 Å². The number of benzene rings is 1. The third kappa shape index (κ3) is 6.41. The van der Waals surface area contributed by atoms with Crippen molar-refractivity contribution in [3.63, 3.8) is 0 Å². The van der Waals surface area contributed by atoms with Gasteiger partial charge in [0.2, 0.25) is 0 Å². The lowest BCUT2D eigenvalue weighted by atomic mass is 9.94. The normalized spacial score (nSPS) is 12.5. The van der Waals surface area contributed by atoms with Crippen LogP contribution < -0.4 is 9.47 Å². The Kier molecular flexibility index (Phi) is 8.26. The smallest absolute Gasteiger partial charge is 0.163 e. The largest absolute Gasteiger partial charge is 0.493 e. The number of para-hydroxylation sites is 1. The average Bonchev–Trinajstić information content (AvgIpc) is 2.46. The summed E-state index contributed by atoms with van der Waals surface area (Å²) >= 11 is 0. The van der Waals surface area contributed by atoms with Crippen molar-refractivity contribution >= 4 is 0 Å². The van der Waals surface area contributed by atoms with E-state index in [2.05, 4.69) is 26.8 Å². The molecule has 0 saturated carbocycles. The van der Waals surface area contributed by atoms with Gasteiger partial charge >= 0.3 is 0 Å². The number of hydrogen-bond acceptors (Lipinski definition) is 2. The van der Waals surface area contributed by atoms with Gasteiger partial charge in [-0.15, -0.1) is 0 Å². The first kappa shape index (κ1) is 17.9. The van der Waals surface area contributed by atoms with Crippen molar-refractivity contribution in [2.24, 2.45) is 11.8 Å². The minimum Gasteiger partial charge on any atom is -0.493 e. The molecule has 0 amide bonds. The summed E-state index contributed by atoms with van der Waals surface area (Å²) < 4.78 is 10.8. The summed E-state index contributed by atoms with van der Waals surface area (Å²) in [6.07, 6.45) is 7.64. The first-order valence-corrected chi connectivity index (χ1v) is 8.28. The molecule has 0 aliphatic rings. The number of aryl methyl sites for hydroxylation is 1. The monoisotopic (exact) mass is 292 g/mol. The van der Waals surface area contributed by atoms with E-state index in [1.807, 2.05) is 12.1 Å². The van der Waals surface area contributed by atoms with Gasteiger partial charge in [-0.3, -0.25) is 0 Å². The van der Waals surface area contributed by atoms with E-state index < -0.39 is 0 Å². The summed E-state index contributed by atoms with van der Waals surface area (Å²) in [7, 11) is 3.41. The van der Waals surface area contributed by atoms with Crippen LogP contribution in [-0.4, -0.2) is 14.2 Å². The average molecular weight is 292 g/mol. The molecule has 0 unspecified atom stereocenters. The van der Waals surface area contributed by atoms with Crippen LogP contribution in [0.5, 0.6) is 11.5 Å². The number of rotatable bonds is 10. The lowest BCUT2D eigenvalue weighted by Crippen LogP contribution is -2.00. The Balaban J connectivity index is 2.38. The van der Waals surface area contributed by atoms with Crippen LogP contribution in [0.3, 0.4) is 0 Å². The first-order valence-electron chi connectivity index (χ1n) is 8.28. The highest BCUT2D eigenvalue weighted by atomic mass is 16.5. The number of methoxy groups -OCH3 is 2. The van der Waals surface area contributed by atoms with Crippen molar-refractivity contribution in [1.29, 1.82) is 0 Å². The van der Waals surface area contributed by atoms with Crippen molar-refractivity contribution in [2.75, 3.05) is 14.2 Å². The standard InChI is InChI=1S/C19H32O2/c1-15(2)9-6-10-16(3)11-7-12-17-13-8-14-18(20-4)19(17)21-5/h8,13-16H,6-7,9-12H2,1-5H3/t16-/m0/s1. The van der Waals surface area contributed by atoms with E-state index in [1.54, 1.807) is 14.2 Å². The molecule has 0 spiro atoms. The van der Waals surface area contributed by atoms with Gasteiger partial charge in [0.05, 0.1) is 14.2 Å². The van der Waals surface area contributed by atoms with Gasteiger partial charge in [-0.25, -0.2) is 0 Å². The first-order chi connectivity index (χ1) is 10.1. The van der Waals surface area contributed by atoms with Gasteiger partial charge in [0.25, 0.3) is 0 Å². The second-order valence-corrected chi connectivity index (χ2v) is 6.47. The van der Waals surface area contributed by atoms with E-state index in [4.69, 9.17) is 9.47 Å². The van der Waals surface area contributed by atoms with Gasteiger partial charge in [-0.2, -0.15) is 0 Å². The summed E-state index contributed by atoms with van der Waals surface area (Å²) in [6, 6.07) is 6.14. The molecule has 0 aromatic heterocycles. The molecular weight excluding hydrogens is 260 g/mol. The molecule has 0 radical (unpaired) electrons. The minimum atomic E-state index is 0.820. The van der Waals surface area contributed by atoms with E-state index in [1.165, 1.54) is 37.7 Å². The van der Waals surface area contributed by atoms with E-state index in [0.29, 0.717) is 0 Å². The summed E-state index contributed by atoms with van der Waals surface area (Å²) in [6.45, 7) is 6.99. The Morgan fingerprint density at radius 3 is 2.24 bits per heavy atom. The molecule has 1 atom stereocenters. The molecular formula is C19H32O2. The molecule has 1 aromatic carbocycles. The topological polar surface area (TPSA) is 18.5 Å². The Hall–Kier alpha value is -1.18. The lowest BCUT2D eigenvalue weighted by Gasteiger charge is -2.14. The molecule has 2 nitrogen and oxygen atoms in total. The van der Waals surface area contributed by atoms with Crippen molar-refractivity contribution < 1.29 is 9.47 Å². The van der Waals surface area contributed by atoms with E-state index >= 15 is 0 Å². The van der Waals surface area contributed by atoms with Crippen LogP contribution in [0.1, 0.15) is 58.4 Å². The molecule has 0 N–H and O–H groups in total. The van der Waals surface area contributed by atoms with Crippen LogP contribution >= 0.6 is 0 Å². The molecule has 120 valence electrons. The fourth-order valence-corrected chi connectivity index (χ4v) is 2.81. The maximum absolute atomic E-state index is 5.49. The van der Waals surface area contributed by atoms with E-state index in [-0.39, 0.29) is 0 Å². The SMILES string of the molecule is COc1cccc(CCC[C@@H](C)CCCC(C)C)c1OC. The summed E-state index contributed by atoms with van der Waals surface area (Å²) in [5.74, 6) is 3.38. The molecule has 0 aliphatic heterocycles. The third-order valence-corrected chi connectivity index (χ3v) is 4.11. The molecule has 0 fully saturated rings. The van der Waals surface area contributed by atoms with Crippen molar-refractivity contribution in [2.45, 2.75) is 59.3 Å². The van der Waals surface area contributed by atoms with Gasteiger partial charge in [-0.1, -0.05) is 58.6 Å². The highest BCUT2D eigenvalue weighted by Crippen LogP contribution is 2.32.